The summed E-state index contributed by atoms with van der Waals surface area (Å²) < 4.78 is 0. The maximum Gasteiger partial charge on any atom is 0.206 e. The summed E-state index contributed by atoms with van der Waals surface area (Å²) in [6.45, 7) is 0. The highest BCUT2D eigenvalue weighted by Crippen LogP contribution is 2.27. The molecule has 0 radical (unpaired) electrons. The van der Waals surface area contributed by atoms with Gasteiger partial charge in [-0.15, -0.1) is 10.2 Å². The van der Waals surface area contributed by atoms with E-state index in [2.05, 4.69) is 20.5 Å². The van der Waals surface area contributed by atoms with Gasteiger partial charge in [-0.05, 0) is 25.0 Å². The van der Waals surface area contributed by atoms with E-state index in [0.717, 1.165) is 15.8 Å². The molecule has 1 aliphatic rings. The molecule has 1 saturated carbocycles. The molecule has 2 aromatic heterocycles. The van der Waals surface area contributed by atoms with Gasteiger partial charge < -0.3 is 5.32 Å². The third kappa shape index (κ3) is 2.67. The van der Waals surface area contributed by atoms with Crippen molar-refractivity contribution in [1.29, 1.82) is 0 Å². The van der Waals surface area contributed by atoms with Crippen LogP contribution in [0.2, 0.25) is 0 Å². The number of hydrogen-bond acceptors (Lipinski definition) is 5. The maximum absolute atomic E-state index is 4.29. The van der Waals surface area contributed by atoms with Crippen LogP contribution in [-0.4, -0.2) is 21.2 Å². The van der Waals surface area contributed by atoms with Crippen LogP contribution < -0.4 is 5.32 Å². The molecule has 0 aliphatic heterocycles. The van der Waals surface area contributed by atoms with E-state index in [0.29, 0.717) is 6.04 Å². The van der Waals surface area contributed by atoms with E-state index in [9.17, 15) is 0 Å². The van der Waals surface area contributed by atoms with Gasteiger partial charge in [0.2, 0.25) is 5.13 Å². The van der Waals surface area contributed by atoms with Gasteiger partial charge in [0.05, 0.1) is 0 Å². The zero-order valence-corrected chi connectivity index (χ0v) is 11.0. The fraction of sp³-hybridized carbons (Fsp3) is 0.462. The molecule has 2 aromatic rings. The van der Waals surface area contributed by atoms with Crippen LogP contribution in [0.15, 0.2) is 24.4 Å². The maximum atomic E-state index is 4.29. The molecule has 0 unspecified atom stereocenters. The van der Waals surface area contributed by atoms with Gasteiger partial charge in [0.15, 0.2) is 5.01 Å². The second-order valence-corrected chi connectivity index (χ2v) is 5.58. The molecule has 0 atom stereocenters. The lowest BCUT2D eigenvalue weighted by Crippen LogP contribution is -2.21. The zero-order valence-electron chi connectivity index (χ0n) is 10.2. The van der Waals surface area contributed by atoms with E-state index < -0.39 is 0 Å². The van der Waals surface area contributed by atoms with E-state index in [-0.39, 0.29) is 0 Å². The second kappa shape index (κ2) is 5.44. The van der Waals surface area contributed by atoms with Crippen LogP contribution in [0.25, 0.3) is 10.7 Å². The molecule has 0 aromatic carbocycles. The fourth-order valence-corrected chi connectivity index (χ4v) is 3.09. The Hall–Kier alpha value is -1.49. The van der Waals surface area contributed by atoms with Crippen LogP contribution in [0, 0.1) is 0 Å². The number of aromatic nitrogens is 3. The van der Waals surface area contributed by atoms with E-state index >= 15 is 0 Å². The fourth-order valence-electron chi connectivity index (χ4n) is 2.30. The first kappa shape index (κ1) is 11.6. The van der Waals surface area contributed by atoms with Crippen molar-refractivity contribution in [1.82, 2.24) is 15.2 Å². The topological polar surface area (TPSA) is 50.7 Å². The van der Waals surface area contributed by atoms with Crippen LogP contribution in [0.5, 0.6) is 0 Å². The quantitative estimate of drug-likeness (QED) is 0.919. The third-order valence-corrected chi connectivity index (χ3v) is 4.12. The van der Waals surface area contributed by atoms with Crippen molar-refractivity contribution in [3.8, 4) is 10.7 Å². The minimum atomic E-state index is 0.572. The summed E-state index contributed by atoms with van der Waals surface area (Å²) in [5, 5.41) is 13.7. The van der Waals surface area contributed by atoms with Gasteiger partial charge in [-0.3, -0.25) is 4.98 Å². The van der Waals surface area contributed by atoms with Crippen LogP contribution in [-0.2, 0) is 0 Å². The molecule has 0 bridgehead atoms. The Labute approximate surface area is 110 Å². The summed E-state index contributed by atoms with van der Waals surface area (Å²) in [5.74, 6) is 0. The first-order valence-electron chi connectivity index (χ1n) is 6.43. The van der Waals surface area contributed by atoms with Gasteiger partial charge in [0.25, 0.3) is 0 Å². The second-order valence-electron chi connectivity index (χ2n) is 4.61. The van der Waals surface area contributed by atoms with Crippen molar-refractivity contribution < 1.29 is 0 Å². The summed E-state index contributed by atoms with van der Waals surface area (Å²) in [4.78, 5) is 4.29. The average molecular weight is 260 g/mol. The summed E-state index contributed by atoms with van der Waals surface area (Å²) in [6.07, 6.45) is 8.29. The third-order valence-electron chi connectivity index (χ3n) is 3.24. The first-order chi connectivity index (χ1) is 8.92. The normalized spacial score (nSPS) is 16.7. The van der Waals surface area contributed by atoms with Gasteiger partial charge in [-0.1, -0.05) is 36.7 Å². The Morgan fingerprint density at radius 1 is 1.11 bits per heavy atom. The SMILES string of the molecule is c1ccc(-c2nnc(NC3CCCCC3)s2)nc1. The standard InChI is InChI=1S/C13H16N4S/c1-2-6-10(7-3-1)15-13-17-16-12(18-13)11-8-4-5-9-14-11/h4-5,8-10H,1-3,6-7H2,(H,15,17). The van der Waals surface area contributed by atoms with Crippen molar-refractivity contribution in [3.63, 3.8) is 0 Å². The molecular formula is C13H16N4S. The van der Waals surface area contributed by atoms with Crippen LogP contribution in [0.3, 0.4) is 0 Å². The highest BCUT2D eigenvalue weighted by atomic mass is 32.1. The molecule has 4 nitrogen and oxygen atoms in total. The van der Waals surface area contributed by atoms with Gasteiger partial charge in [0.1, 0.15) is 5.69 Å². The van der Waals surface area contributed by atoms with Crippen molar-refractivity contribution in [2.24, 2.45) is 0 Å². The van der Waals surface area contributed by atoms with Gasteiger partial charge in [0, 0.05) is 12.2 Å². The number of anilines is 1. The molecule has 0 spiro atoms. The van der Waals surface area contributed by atoms with E-state index in [1.807, 2.05) is 18.2 Å². The summed E-state index contributed by atoms with van der Waals surface area (Å²) in [7, 11) is 0. The van der Waals surface area contributed by atoms with Crippen LogP contribution >= 0.6 is 11.3 Å². The first-order valence-corrected chi connectivity index (χ1v) is 7.25. The molecule has 0 saturated heterocycles. The molecule has 0 amide bonds. The Kier molecular flexibility index (Phi) is 3.50. The number of hydrogen-bond donors (Lipinski definition) is 1. The van der Waals surface area contributed by atoms with Crippen molar-refractivity contribution in [2.75, 3.05) is 5.32 Å². The molecule has 1 fully saturated rings. The molecule has 1 aliphatic carbocycles. The van der Waals surface area contributed by atoms with Gasteiger partial charge in [-0.25, -0.2) is 0 Å². The summed E-state index contributed by atoms with van der Waals surface area (Å²) in [6, 6.07) is 6.41. The largest absolute Gasteiger partial charge is 0.357 e. The lowest BCUT2D eigenvalue weighted by Gasteiger charge is -2.21. The Morgan fingerprint density at radius 2 is 2.00 bits per heavy atom. The van der Waals surface area contributed by atoms with Gasteiger partial charge >= 0.3 is 0 Å². The molecule has 2 heterocycles. The lowest BCUT2D eigenvalue weighted by molar-refractivity contribution is 0.462. The Balaban J connectivity index is 1.69. The van der Waals surface area contributed by atoms with E-state index in [1.165, 1.54) is 32.1 Å². The smallest absolute Gasteiger partial charge is 0.206 e. The van der Waals surface area contributed by atoms with Crippen molar-refractivity contribution in [2.45, 2.75) is 38.1 Å². The number of pyridine rings is 1. The van der Waals surface area contributed by atoms with E-state index in [1.54, 1.807) is 17.5 Å². The monoisotopic (exact) mass is 260 g/mol. The predicted molar refractivity (Wildman–Crippen MR) is 73.6 cm³/mol. The predicted octanol–water partition coefficient (Wildman–Crippen LogP) is 3.34. The molecule has 94 valence electrons. The van der Waals surface area contributed by atoms with Crippen molar-refractivity contribution >= 4 is 16.5 Å². The Morgan fingerprint density at radius 3 is 2.78 bits per heavy atom. The number of rotatable bonds is 3. The number of nitrogens with zero attached hydrogens (tertiary/aromatic N) is 3. The highest BCUT2D eigenvalue weighted by Gasteiger charge is 2.15. The highest BCUT2D eigenvalue weighted by molar-refractivity contribution is 7.18. The lowest BCUT2D eigenvalue weighted by atomic mass is 9.96. The average Bonchev–Trinajstić information content (AvgIpc) is 2.89. The molecular weight excluding hydrogens is 244 g/mol. The summed E-state index contributed by atoms with van der Waals surface area (Å²) in [5.41, 5.74) is 0.895. The minimum absolute atomic E-state index is 0.572. The zero-order chi connectivity index (χ0) is 12.2. The molecule has 5 heteroatoms. The Bertz CT molecular complexity index is 491. The van der Waals surface area contributed by atoms with Gasteiger partial charge in [-0.2, -0.15) is 0 Å². The van der Waals surface area contributed by atoms with Crippen LogP contribution in [0.4, 0.5) is 5.13 Å². The van der Waals surface area contributed by atoms with Crippen LogP contribution in [0.1, 0.15) is 32.1 Å². The van der Waals surface area contributed by atoms with E-state index in [4.69, 9.17) is 0 Å². The molecule has 1 N–H and O–H groups in total. The van der Waals surface area contributed by atoms with Crippen molar-refractivity contribution in [3.05, 3.63) is 24.4 Å². The molecule has 3 rings (SSSR count). The number of nitrogens with one attached hydrogen (secondary N) is 1. The summed E-state index contributed by atoms with van der Waals surface area (Å²) >= 11 is 1.58. The minimum Gasteiger partial charge on any atom is -0.357 e. The molecule has 18 heavy (non-hydrogen) atoms.